The number of halogens is 1. The zero-order chi connectivity index (χ0) is 14.9. The molecule has 2 aromatic rings. The molecule has 0 radical (unpaired) electrons. The molecule has 0 saturated carbocycles. The summed E-state index contributed by atoms with van der Waals surface area (Å²) in [5.74, 6) is 0.265. The van der Waals surface area contributed by atoms with E-state index in [2.05, 4.69) is 9.88 Å². The Bertz CT molecular complexity index is 705. The Morgan fingerprint density at radius 2 is 1.95 bits per heavy atom. The Hall–Kier alpha value is -1.37. The van der Waals surface area contributed by atoms with Gasteiger partial charge in [0.15, 0.2) is 5.76 Å². The van der Waals surface area contributed by atoms with Gasteiger partial charge in [-0.3, -0.25) is 0 Å². The van der Waals surface area contributed by atoms with E-state index in [1.54, 1.807) is 39.0 Å². The smallest absolute Gasteiger partial charge is 0.246 e. The molecule has 0 spiro atoms. The fourth-order valence-corrected chi connectivity index (χ4v) is 3.89. The highest BCUT2D eigenvalue weighted by molar-refractivity contribution is 7.89. The summed E-state index contributed by atoms with van der Waals surface area (Å²) in [6, 6.07) is 6.64. The van der Waals surface area contributed by atoms with Gasteiger partial charge < -0.3 is 4.52 Å². The minimum atomic E-state index is -3.71. The highest BCUT2D eigenvalue weighted by Gasteiger charge is 2.26. The Morgan fingerprint density at radius 3 is 2.50 bits per heavy atom. The van der Waals surface area contributed by atoms with Gasteiger partial charge in [0.25, 0.3) is 0 Å². The number of aryl methyl sites for hydroxylation is 2. The molecule has 1 N–H and O–H groups in total. The third-order valence-corrected chi connectivity index (χ3v) is 5.07. The fraction of sp³-hybridized carbons (Fsp3) is 0.308. The molecule has 5 nitrogen and oxygen atoms in total. The quantitative estimate of drug-likeness (QED) is 0.941. The molecule has 1 heterocycles. The number of benzene rings is 1. The topological polar surface area (TPSA) is 72.2 Å². The number of aromatic nitrogens is 1. The molecule has 1 aromatic carbocycles. The maximum atomic E-state index is 12.4. The number of hydrogen-bond acceptors (Lipinski definition) is 4. The van der Waals surface area contributed by atoms with Crippen LogP contribution in [0.5, 0.6) is 0 Å². The molecule has 0 aliphatic rings. The predicted molar refractivity (Wildman–Crippen MR) is 76.2 cm³/mol. The van der Waals surface area contributed by atoms with Crippen LogP contribution in [0.2, 0.25) is 5.02 Å². The first kappa shape index (κ1) is 15.0. The van der Waals surface area contributed by atoms with E-state index in [1.165, 1.54) is 0 Å². The minimum Gasteiger partial charge on any atom is -0.360 e. The van der Waals surface area contributed by atoms with Crippen LogP contribution in [0.4, 0.5) is 0 Å². The number of sulfonamides is 1. The Morgan fingerprint density at radius 1 is 1.30 bits per heavy atom. The van der Waals surface area contributed by atoms with Gasteiger partial charge in [0.05, 0.1) is 0 Å². The number of rotatable bonds is 4. The van der Waals surface area contributed by atoms with Gasteiger partial charge in [-0.25, -0.2) is 13.1 Å². The largest absolute Gasteiger partial charge is 0.360 e. The summed E-state index contributed by atoms with van der Waals surface area (Å²) in [6.07, 6.45) is 0. The standard InChI is InChI=1S/C13H15ClN2O3S/c1-8(11-6-4-5-7-12(11)14)16-20(17,18)13-9(2)15-19-10(13)3/h4-8,16H,1-3H3. The van der Waals surface area contributed by atoms with Gasteiger partial charge in [0, 0.05) is 11.1 Å². The zero-order valence-corrected chi connectivity index (χ0v) is 12.9. The zero-order valence-electron chi connectivity index (χ0n) is 11.3. The molecule has 0 fully saturated rings. The molecular formula is C13H15ClN2O3S. The van der Waals surface area contributed by atoms with Crippen molar-refractivity contribution in [2.75, 3.05) is 0 Å². The third-order valence-electron chi connectivity index (χ3n) is 2.94. The van der Waals surface area contributed by atoms with Crippen LogP contribution in [-0.2, 0) is 10.0 Å². The lowest BCUT2D eigenvalue weighted by atomic mass is 10.1. The van der Waals surface area contributed by atoms with E-state index in [-0.39, 0.29) is 10.7 Å². The summed E-state index contributed by atoms with van der Waals surface area (Å²) in [4.78, 5) is 0.0800. The van der Waals surface area contributed by atoms with Crippen molar-refractivity contribution in [2.45, 2.75) is 31.7 Å². The first-order valence-corrected chi connectivity index (χ1v) is 7.88. The molecule has 0 bridgehead atoms. The van der Waals surface area contributed by atoms with Crippen LogP contribution >= 0.6 is 11.6 Å². The van der Waals surface area contributed by atoms with Crippen molar-refractivity contribution in [2.24, 2.45) is 0 Å². The van der Waals surface area contributed by atoms with Crippen LogP contribution in [0.25, 0.3) is 0 Å². The van der Waals surface area contributed by atoms with E-state index in [0.29, 0.717) is 16.3 Å². The molecule has 0 saturated heterocycles. The summed E-state index contributed by atoms with van der Waals surface area (Å²) in [6.45, 7) is 4.89. The van der Waals surface area contributed by atoms with Crippen molar-refractivity contribution < 1.29 is 12.9 Å². The molecule has 2 rings (SSSR count). The van der Waals surface area contributed by atoms with Crippen LogP contribution in [0, 0.1) is 13.8 Å². The van der Waals surface area contributed by atoms with Crippen molar-refractivity contribution in [3.8, 4) is 0 Å². The van der Waals surface area contributed by atoms with E-state index >= 15 is 0 Å². The molecule has 0 amide bonds. The van der Waals surface area contributed by atoms with Gasteiger partial charge in [-0.05, 0) is 32.4 Å². The lowest BCUT2D eigenvalue weighted by Crippen LogP contribution is -2.27. The first-order valence-electron chi connectivity index (χ1n) is 6.02. The highest BCUT2D eigenvalue weighted by atomic mass is 35.5. The summed E-state index contributed by atoms with van der Waals surface area (Å²) < 4.78 is 32.2. The second-order valence-corrected chi connectivity index (χ2v) is 6.58. The lowest BCUT2D eigenvalue weighted by molar-refractivity contribution is 0.390. The number of hydrogen-bond donors (Lipinski definition) is 1. The molecule has 1 aromatic heterocycles. The predicted octanol–water partition coefficient (Wildman–Crippen LogP) is 2.98. The molecule has 0 aliphatic carbocycles. The van der Waals surface area contributed by atoms with E-state index in [1.807, 2.05) is 6.07 Å². The Labute approximate surface area is 123 Å². The normalized spacial score (nSPS) is 13.4. The van der Waals surface area contributed by atoms with Gasteiger partial charge in [-0.2, -0.15) is 0 Å². The summed E-state index contributed by atoms with van der Waals surface area (Å²) in [5.41, 5.74) is 1.05. The van der Waals surface area contributed by atoms with Gasteiger partial charge in [-0.15, -0.1) is 0 Å². The Kier molecular flexibility index (Phi) is 4.17. The second-order valence-electron chi connectivity index (χ2n) is 4.52. The highest BCUT2D eigenvalue weighted by Crippen LogP contribution is 2.25. The Balaban J connectivity index is 2.32. The third kappa shape index (κ3) is 2.87. The van der Waals surface area contributed by atoms with Crippen molar-refractivity contribution in [3.05, 3.63) is 46.3 Å². The van der Waals surface area contributed by atoms with Gasteiger partial charge in [0.1, 0.15) is 10.6 Å². The SMILES string of the molecule is Cc1noc(C)c1S(=O)(=O)NC(C)c1ccccc1Cl. The summed E-state index contributed by atoms with van der Waals surface area (Å²) in [5, 5.41) is 4.18. The average molecular weight is 315 g/mol. The monoisotopic (exact) mass is 314 g/mol. The van der Waals surface area contributed by atoms with E-state index in [9.17, 15) is 8.42 Å². The van der Waals surface area contributed by atoms with Crippen molar-refractivity contribution in [1.29, 1.82) is 0 Å². The molecule has 0 aliphatic heterocycles. The molecule has 1 unspecified atom stereocenters. The second kappa shape index (κ2) is 5.55. The summed E-state index contributed by atoms with van der Waals surface area (Å²) >= 11 is 6.07. The molecule has 108 valence electrons. The number of nitrogens with zero attached hydrogens (tertiary/aromatic N) is 1. The van der Waals surface area contributed by atoms with Crippen LogP contribution in [-0.4, -0.2) is 13.6 Å². The fourth-order valence-electron chi connectivity index (χ4n) is 2.04. The first-order chi connectivity index (χ1) is 9.33. The van der Waals surface area contributed by atoms with Crippen LogP contribution in [0.1, 0.15) is 30.0 Å². The molecule has 7 heteroatoms. The van der Waals surface area contributed by atoms with Crippen LogP contribution in [0.3, 0.4) is 0 Å². The van der Waals surface area contributed by atoms with Crippen molar-refractivity contribution in [1.82, 2.24) is 9.88 Å². The van der Waals surface area contributed by atoms with Crippen LogP contribution < -0.4 is 4.72 Å². The van der Waals surface area contributed by atoms with Gasteiger partial charge >= 0.3 is 0 Å². The van der Waals surface area contributed by atoms with E-state index in [0.717, 1.165) is 0 Å². The van der Waals surface area contributed by atoms with E-state index < -0.39 is 16.1 Å². The van der Waals surface area contributed by atoms with Crippen LogP contribution in [0.15, 0.2) is 33.7 Å². The lowest BCUT2D eigenvalue weighted by Gasteiger charge is -2.15. The van der Waals surface area contributed by atoms with Gasteiger partial charge in [-0.1, -0.05) is 35.0 Å². The van der Waals surface area contributed by atoms with E-state index in [4.69, 9.17) is 16.1 Å². The number of nitrogens with one attached hydrogen (secondary N) is 1. The summed E-state index contributed by atoms with van der Waals surface area (Å²) in [7, 11) is -3.71. The molecule has 20 heavy (non-hydrogen) atoms. The van der Waals surface area contributed by atoms with Crippen molar-refractivity contribution >= 4 is 21.6 Å². The average Bonchev–Trinajstić information content (AvgIpc) is 2.69. The maximum Gasteiger partial charge on any atom is 0.246 e. The van der Waals surface area contributed by atoms with Crippen molar-refractivity contribution in [3.63, 3.8) is 0 Å². The molecule has 1 atom stereocenters. The van der Waals surface area contributed by atoms with Gasteiger partial charge in [0.2, 0.25) is 10.0 Å². The minimum absolute atomic E-state index is 0.0800. The molecular weight excluding hydrogens is 300 g/mol. The maximum absolute atomic E-state index is 12.4.